The number of halogens is 1. The maximum Gasteiger partial charge on any atom is 0.229 e. The normalized spacial score (nSPS) is 19.4. The number of anilines is 1. The van der Waals surface area contributed by atoms with E-state index in [1.807, 2.05) is 12.1 Å². The van der Waals surface area contributed by atoms with Crippen molar-refractivity contribution >= 4 is 21.7 Å². The first-order valence-corrected chi connectivity index (χ1v) is 10.4. The minimum absolute atomic E-state index is 0.448. The van der Waals surface area contributed by atoms with E-state index in [1.54, 1.807) is 21.3 Å². The van der Waals surface area contributed by atoms with Gasteiger partial charge in [0, 0.05) is 32.2 Å². The Balaban J connectivity index is 1.47. The van der Waals surface area contributed by atoms with Crippen molar-refractivity contribution in [3.8, 4) is 17.4 Å². The summed E-state index contributed by atoms with van der Waals surface area (Å²) < 4.78 is 17.2. The molecule has 1 aromatic heterocycles. The number of methoxy groups -OCH3 is 3. The Morgan fingerprint density at radius 1 is 0.964 bits per heavy atom. The number of aromatic nitrogens is 1. The number of fused-ring (bicyclic) bond motifs is 1. The third-order valence-electron chi connectivity index (χ3n) is 5.76. The van der Waals surface area contributed by atoms with Gasteiger partial charge in [0.1, 0.15) is 5.82 Å². The van der Waals surface area contributed by atoms with Crippen LogP contribution < -0.4 is 19.1 Å². The predicted octanol–water partition coefficient (Wildman–Crippen LogP) is 3.68. The summed E-state index contributed by atoms with van der Waals surface area (Å²) in [5.74, 6) is 3.24. The molecule has 1 saturated heterocycles. The summed E-state index contributed by atoms with van der Waals surface area (Å²) in [6, 6.07) is 8.80. The van der Waals surface area contributed by atoms with Gasteiger partial charge in [0.25, 0.3) is 0 Å². The molecule has 150 valence electrons. The Kier molecular flexibility index (Phi) is 5.64. The summed E-state index contributed by atoms with van der Waals surface area (Å²) >= 11 is 3.47. The van der Waals surface area contributed by atoms with Gasteiger partial charge in [-0.25, -0.2) is 0 Å². The van der Waals surface area contributed by atoms with Gasteiger partial charge in [0.15, 0.2) is 11.5 Å². The molecule has 7 heteroatoms. The van der Waals surface area contributed by atoms with E-state index in [1.165, 1.54) is 11.1 Å². The number of hydrogen-bond acceptors (Lipinski definition) is 6. The molecular formula is C21H26BrN3O3. The van der Waals surface area contributed by atoms with Crippen LogP contribution in [-0.4, -0.2) is 57.4 Å². The van der Waals surface area contributed by atoms with Crippen molar-refractivity contribution in [2.45, 2.75) is 18.9 Å². The Labute approximate surface area is 174 Å². The second kappa shape index (κ2) is 8.17. The highest BCUT2D eigenvalue weighted by Crippen LogP contribution is 2.42. The second-order valence-corrected chi connectivity index (χ2v) is 8.00. The lowest BCUT2D eigenvalue weighted by molar-refractivity contribution is 0.185. The van der Waals surface area contributed by atoms with Gasteiger partial charge >= 0.3 is 0 Å². The predicted molar refractivity (Wildman–Crippen MR) is 113 cm³/mol. The summed E-state index contributed by atoms with van der Waals surface area (Å²) in [6.45, 7) is 3.94. The van der Waals surface area contributed by atoms with E-state index >= 15 is 0 Å². The van der Waals surface area contributed by atoms with Crippen molar-refractivity contribution < 1.29 is 14.2 Å². The molecule has 2 aromatic rings. The molecule has 0 spiro atoms. The van der Waals surface area contributed by atoms with Crippen molar-refractivity contribution in [3.63, 3.8) is 0 Å². The van der Waals surface area contributed by atoms with E-state index in [4.69, 9.17) is 14.2 Å². The SMILES string of the molecule is COc1cc2c(cc1OC)C(N1CCN(c3ccc(Br)c(OC)n3)CC1)CC2. The van der Waals surface area contributed by atoms with Crippen LogP contribution in [0.2, 0.25) is 0 Å². The Morgan fingerprint density at radius 2 is 1.68 bits per heavy atom. The standard InChI is InChI=1S/C21H26BrN3O3/c1-26-18-12-14-4-6-17(15(14)13-19(18)27-2)24-8-10-25(11-9-24)20-7-5-16(22)21(23-20)28-3/h5,7,12-13,17H,4,6,8-11H2,1-3H3. The monoisotopic (exact) mass is 447 g/mol. The highest BCUT2D eigenvalue weighted by molar-refractivity contribution is 9.10. The minimum atomic E-state index is 0.448. The van der Waals surface area contributed by atoms with Crippen LogP contribution in [0.3, 0.4) is 0 Å². The van der Waals surface area contributed by atoms with Crippen molar-refractivity contribution in [3.05, 3.63) is 39.9 Å². The van der Waals surface area contributed by atoms with Crippen LogP contribution in [0, 0.1) is 0 Å². The fourth-order valence-corrected chi connectivity index (χ4v) is 4.67. The fourth-order valence-electron chi connectivity index (χ4n) is 4.29. The van der Waals surface area contributed by atoms with Crippen molar-refractivity contribution in [2.24, 2.45) is 0 Å². The molecule has 4 rings (SSSR count). The molecule has 1 aliphatic heterocycles. The number of pyridine rings is 1. The summed E-state index contributed by atoms with van der Waals surface area (Å²) in [4.78, 5) is 9.54. The molecular weight excluding hydrogens is 422 g/mol. The van der Waals surface area contributed by atoms with Crippen LogP contribution in [0.15, 0.2) is 28.7 Å². The van der Waals surface area contributed by atoms with Crippen molar-refractivity contribution in [1.82, 2.24) is 9.88 Å². The van der Waals surface area contributed by atoms with Gasteiger partial charge in [-0.2, -0.15) is 4.98 Å². The van der Waals surface area contributed by atoms with Crippen molar-refractivity contribution in [1.29, 1.82) is 0 Å². The lowest BCUT2D eigenvalue weighted by atomic mass is 10.0. The maximum absolute atomic E-state index is 5.53. The molecule has 28 heavy (non-hydrogen) atoms. The van der Waals surface area contributed by atoms with E-state index in [9.17, 15) is 0 Å². The lowest BCUT2D eigenvalue weighted by Gasteiger charge is -2.39. The topological polar surface area (TPSA) is 47.1 Å². The number of hydrogen-bond donors (Lipinski definition) is 0. The number of rotatable bonds is 5. The highest BCUT2D eigenvalue weighted by atomic mass is 79.9. The number of ether oxygens (including phenoxy) is 3. The molecule has 1 unspecified atom stereocenters. The molecule has 0 amide bonds. The Bertz CT molecular complexity index is 853. The molecule has 0 N–H and O–H groups in total. The zero-order chi connectivity index (χ0) is 19.7. The highest BCUT2D eigenvalue weighted by Gasteiger charge is 2.32. The van der Waals surface area contributed by atoms with E-state index < -0.39 is 0 Å². The quantitative estimate of drug-likeness (QED) is 0.696. The lowest BCUT2D eigenvalue weighted by Crippen LogP contribution is -2.47. The first-order valence-electron chi connectivity index (χ1n) is 9.59. The van der Waals surface area contributed by atoms with E-state index in [-0.39, 0.29) is 0 Å². The molecule has 2 aliphatic rings. The van der Waals surface area contributed by atoms with Gasteiger partial charge < -0.3 is 19.1 Å². The number of benzene rings is 1. The largest absolute Gasteiger partial charge is 0.493 e. The molecule has 1 aliphatic carbocycles. The van der Waals surface area contributed by atoms with E-state index in [0.717, 1.165) is 60.8 Å². The number of piperazine rings is 1. The maximum atomic E-state index is 5.53. The smallest absolute Gasteiger partial charge is 0.229 e. The molecule has 1 aromatic carbocycles. The molecule has 1 fully saturated rings. The fraction of sp³-hybridized carbons (Fsp3) is 0.476. The van der Waals surface area contributed by atoms with Crippen LogP contribution in [0.4, 0.5) is 5.82 Å². The van der Waals surface area contributed by atoms with Crippen LogP contribution >= 0.6 is 15.9 Å². The number of aryl methyl sites for hydroxylation is 1. The average Bonchev–Trinajstić information content (AvgIpc) is 3.16. The molecule has 2 heterocycles. The van der Waals surface area contributed by atoms with Gasteiger partial charge in [-0.3, -0.25) is 4.90 Å². The van der Waals surface area contributed by atoms with Gasteiger partial charge in [0.2, 0.25) is 5.88 Å². The van der Waals surface area contributed by atoms with Crippen LogP contribution in [-0.2, 0) is 6.42 Å². The first kappa shape index (κ1) is 19.3. The summed E-state index contributed by atoms with van der Waals surface area (Å²) in [5, 5.41) is 0. The molecule has 1 atom stereocenters. The third kappa shape index (κ3) is 3.53. The second-order valence-electron chi connectivity index (χ2n) is 7.14. The van der Waals surface area contributed by atoms with E-state index in [0.29, 0.717) is 11.9 Å². The molecule has 0 saturated carbocycles. The zero-order valence-corrected chi connectivity index (χ0v) is 18.2. The zero-order valence-electron chi connectivity index (χ0n) is 16.6. The molecule has 0 bridgehead atoms. The Morgan fingerprint density at radius 3 is 2.36 bits per heavy atom. The summed E-state index contributed by atoms with van der Waals surface area (Å²) in [6.07, 6.45) is 2.24. The first-order chi connectivity index (χ1) is 13.6. The van der Waals surface area contributed by atoms with Crippen LogP contribution in [0.5, 0.6) is 17.4 Å². The van der Waals surface area contributed by atoms with Gasteiger partial charge in [-0.1, -0.05) is 0 Å². The average molecular weight is 448 g/mol. The van der Waals surface area contributed by atoms with Gasteiger partial charge in [-0.15, -0.1) is 0 Å². The Hall–Kier alpha value is -1.99. The third-order valence-corrected chi connectivity index (χ3v) is 6.37. The van der Waals surface area contributed by atoms with Crippen LogP contribution in [0.1, 0.15) is 23.6 Å². The number of nitrogens with zero attached hydrogens (tertiary/aromatic N) is 3. The summed E-state index contributed by atoms with van der Waals surface area (Å²) in [5.41, 5.74) is 2.76. The van der Waals surface area contributed by atoms with Crippen molar-refractivity contribution in [2.75, 3.05) is 52.4 Å². The van der Waals surface area contributed by atoms with Gasteiger partial charge in [0.05, 0.1) is 25.8 Å². The summed E-state index contributed by atoms with van der Waals surface area (Å²) in [7, 11) is 5.04. The molecule has 0 radical (unpaired) electrons. The molecule has 6 nitrogen and oxygen atoms in total. The minimum Gasteiger partial charge on any atom is -0.493 e. The van der Waals surface area contributed by atoms with E-state index in [2.05, 4.69) is 42.8 Å². The van der Waals surface area contributed by atoms with Crippen LogP contribution in [0.25, 0.3) is 0 Å². The van der Waals surface area contributed by atoms with Gasteiger partial charge in [-0.05, 0) is 64.2 Å².